The maximum Gasteiger partial charge on any atom is 0.328 e. The van der Waals surface area contributed by atoms with Crippen molar-refractivity contribution in [3.05, 3.63) is 53.6 Å². The zero-order valence-electron chi connectivity index (χ0n) is 18.3. The van der Waals surface area contributed by atoms with E-state index in [1.807, 2.05) is 0 Å². The van der Waals surface area contributed by atoms with Gasteiger partial charge in [0.15, 0.2) is 23.0 Å². The predicted molar refractivity (Wildman–Crippen MR) is 116 cm³/mol. The minimum atomic E-state index is -0.870. The Hall–Kier alpha value is -3.68. The van der Waals surface area contributed by atoms with Crippen molar-refractivity contribution < 1.29 is 33.3 Å². The summed E-state index contributed by atoms with van der Waals surface area (Å²) in [6, 6.07) is 9.68. The summed E-state index contributed by atoms with van der Waals surface area (Å²) in [4.78, 5) is 24.6. The van der Waals surface area contributed by atoms with Crippen molar-refractivity contribution in [2.24, 2.45) is 0 Å². The lowest BCUT2D eigenvalue weighted by molar-refractivity contribution is -0.144. The molecule has 1 atom stereocenters. The van der Waals surface area contributed by atoms with Gasteiger partial charge in [-0.05, 0) is 41.5 Å². The Balaban J connectivity index is 2.13. The number of hydrogen-bond donors (Lipinski definition) is 1. The van der Waals surface area contributed by atoms with Crippen LogP contribution >= 0.6 is 0 Å². The van der Waals surface area contributed by atoms with Gasteiger partial charge in [-0.15, -0.1) is 0 Å². The van der Waals surface area contributed by atoms with Crippen LogP contribution < -0.4 is 24.3 Å². The van der Waals surface area contributed by atoms with E-state index in [-0.39, 0.29) is 6.42 Å². The van der Waals surface area contributed by atoms with Crippen LogP contribution in [0.2, 0.25) is 0 Å². The fourth-order valence-corrected chi connectivity index (χ4v) is 2.93. The van der Waals surface area contributed by atoms with Crippen LogP contribution in [-0.2, 0) is 20.7 Å². The maximum absolute atomic E-state index is 12.4. The Morgan fingerprint density at radius 1 is 0.839 bits per heavy atom. The fraction of sp³-hybridized carbons (Fsp3) is 0.304. The molecule has 0 spiro atoms. The number of carbonyl (C=O) groups is 2. The summed E-state index contributed by atoms with van der Waals surface area (Å²) in [6.45, 7) is 0. The number of carbonyl (C=O) groups excluding carboxylic acids is 2. The van der Waals surface area contributed by atoms with E-state index >= 15 is 0 Å². The molecular formula is C23H27NO7. The van der Waals surface area contributed by atoms with Crippen LogP contribution in [0.4, 0.5) is 0 Å². The Kier molecular flexibility index (Phi) is 8.75. The van der Waals surface area contributed by atoms with Crippen molar-refractivity contribution in [3.63, 3.8) is 0 Å². The molecule has 1 amide bonds. The van der Waals surface area contributed by atoms with E-state index in [0.29, 0.717) is 23.0 Å². The van der Waals surface area contributed by atoms with Crippen molar-refractivity contribution in [1.82, 2.24) is 5.32 Å². The third-order valence-corrected chi connectivity index (χ3v) is 4.52. The van der Waals surface area contributed by atoms with Crippen LogP contribution in [0, 0.1) is 0 Å². The largest absolute Gasteiger partial charge is 0.493 e. The second-order valence-electron chi connectivity index (χ2n) is 6.43. The molecule has 31 heavy (non-hydrogen) atoms. The number of esters is 1. The number of methoxy groups -OCH3 is 5. The van der Waals surface area contributed by atoms with Crippen LogP contribution in [0.25, 0.3) is 6.08 Å². The average molecular weight is 429 g/mol. The highest BCUT2D eigenvalue weighted by Gasteiger charge is 2.22. The first kappa shape index (κ1) is 23.6. The maximum atomic E-state index is 12.4. The monoisotopic (exact) mass is 429 g/mol. The van der Waals surface area contributed by atoms with E-state index in [4.69, 9.17) is 23.7 Å². The van der Waals surface area contributed by atoms with Crippen LogP contribution in [-0.4, -0.2) is 53.5 Å². The third kappa shape index (κ3) is 6.40. The SMILES string of the molecule is COC(=O)C(Cc1ccc(OC)c(OC)c1)NC(=O)C=Cc1ccc(OC)c(OC)c1. The van der Waals surface area contributed by atoms with Crippen molar-refractivity contribution in [3.8, 4) is 23.0 Å². The standard InChI is InChI=1S/C23H27NO7/c1-27-18-9-6-15(13-20(18)29-3)8-11-22(25)24-17(23(26)31-5)12-16-7-10-19(28-2)21(14-16)30-4/h6-11,13-14,17H,12H2,1-5H3,(H,24,25). The molecule has 1 N–H and O–H groups in total. The molecule has 2 aromatic rings. The summed E-state index contributed by atoms with van der Waals surface area (Å²) < 4.78 is 25.8. The van der Waals surface area contributed by atoms with Gasteiger partial charge >= 0.3 is 5.97 Å². The van der Waals surface area contributed by atoms with Crippen molar-refractivity contribution in [1.29, 1.82) is 0 Å². The van der Waals surface area contributed by atoms with Crippen LogP contribution in [0.15, 0.2) is 42.5 Å². The number of benzene rings is 2. The van der Waals surface area contributed by atoms with Crippen LogP contribution in [0.5, 0.6) is 23.0 Å². The van der Waals surface area contributed by atoms with E-state index in [0.717, 1.165) is 11.1 Å². The summed E-state index contributed by atoms with van der Waals surface area (Å²) in [5.74, 6) is 1.25. The van der Waals surface area contributed by atoms with E-state index < -0.39 is 17.9 Å². The molecule has 0 aliphatic carbocycles. The molecule has 8 heteroatoms. The Morgan fingerprint density at radius 2 is 1.42 bits per heavy atom. The Bertz CT molecular complexity index is 940. The van der Waals surface area contributed by atoms with Gasteiger partial charge in [-0.2, -0.15) is 0 Å². The summed E-state index contributed by atoms with van der Waals surface area (Å²) in [7, 11) is 7.43. The first-order chi connectivity index (χ1) is 14.9. The van der Waals surface area contributed by atoms with Crippen molar-refractivity contribution in [2.45, 2.75) is 12.5 Å². The van der Waals surface area contributed by atoms with Gasteiger partial charge in [-0.1, -0.05) is 12.1 Å². The van der Waals surface area contributed by atoms with Gasteiger partial charge < -0.3 is 29.0 Å². The highest BCUT2D eigenvalue weighted by molar-refractivity contribution is 5.94. The van der Waals surface area contributed by atoms with Gasteiger partial charge in [0.25, 0.3) is 0 Å². The minimum Gasteiger partial charge on any atom is -0.493 e. The molecule has 1 unspecified atom stereocenters. The Labute approximate surface area is 181 Å². The quantitative estimate of drug-likeness (QED) is 0.458. The highest BCUT2D eigenvalue weighted by atomic mass is 16.5. The molecule has 0 saturated carbocycles. The van der Waals surface area contributed by atoms with Gasteiger partial charge in [0.1, 0.15) is 6.04 Å². The number of nitrogens with one attached hydrogen (secondary N) is 1. The molecule has 0 fully saturated rings. The second-order valence-corrected chi connectivity index (χ2v) is 6.43. The van der Waals surface area contributed by atoms with E-state index in [2.05, 4.69) is 5.32 Å². The van der Waals surface area contributed by atoms with Gasteiger partial charge in [-0.25, -0.2) is 4.79 Å². The minimum absolute atomic E-state index is 0.225. The predicted octanol–water partition coefficient (Wildman–Crippen LogP) is 2.63. The summed E-state index contributed by atoms with van der Waals surface area (Å²) in [5, 5.41) is 2.68. The summed E-state index contributed by atoms with van der Waals surface area (Å²) in [6.07, 6.45) is 3.18. The lowest BCUT2D eigenvalue weighted by Crippen LogP contribution is -2.42. The third-order valence-electron chi connectivity index (χ3n) is 4.52. The number of amides is 1. The first-order valence-electron chi connectivity index (χ1n) is 9.45. The topological polar surface area (TPSA) is 92.3 Å². The molecule has 0 saturated heterocycles. The molecule has 166 valence electrons. The molecule has 0 aliphatic heterocycles. The molecular weight excluding hydrogens is 402 g/mol. The summed E-state index contributed by atoms with van der Waals surface area (Å²) >= 11 is 0. The molecule has 0 aromatic heterocycles. The van der Waals surface area contributed by atoms with Crippen molar-refractivity contribution in [2.75, 3.05) is 35.5 Å². The van der Waals surface area contributed by atoms with Crippen molar-refractivity contribution >= 4 is 18.0 Å². The zero-order valence-corrected chi connectivity index (χ0v) is 18.3. The molecule has 2 aromatic carbocycles. The summed E-state index contributed by atoms with van der Waals surface area (Å²) in [5.41, 5.74) is 1.51. The molecule has 0 aliphatic rings. The van der Waals surface area contributed by atoms with Gasteiger partial charge in [0, 0.05) is 12.5 Å². The molecule has 0 heterocycles. The lowest BCUT2D eigenvalue weighted by Gasteiger charge is -2.17. The van der Waals surface area contributed by atoms with Gasteiger partial charge in [-0.3, -0.25) is 4.79 Å². The number of ether oxygens (including phenoxy) is 5. The first-order valence-corrected chi connectivity index (χ1v) is 9.45. The smallest absolute Gasteiger partial charge is 0.328 e. The number of rotatable bonds is 10. The molecule has 0 bridgehead atoms. The lowest BCUT2D eigenvalue weighted by atomic mass is 10.0. The van der Waals surface area contributed by atoms with Gasteiger partial charge in [0.2, 0.25) is 5.91 Å². The van der Waals surface area contributed by atoms with Gasteiger partial charge in [0.05, 0.1) is 35.5 Å². The Morgan fingerprint density at radius 3 is 2.00 bits per heavy atom. The molecule has 2 rings (SSSR count). The number of hydrogen-bond acceptors (Lipinski definition) is 7. The second kappa shape index (κ2) is 11.5. The molecule has 8 nitrogen and oxygen atoms in total. The van der Waals surface area contributed by atoms with E-state index in [9.17, 15) is 9.59 Å². The van der Waals surface area contributed by atoms with Crippen LogP contribution in [0.1, 0.15) is 11.1 Å². The highest BCUT2D eigenvalue weighted by Crippen LogP contribution is 2.29. The zero-order chi connectivity index (χ0) is 22.8. The molecule has 0 radical (unpaired) electrons. The van der Waals surface area contributed by atoms with E-state index in [1.54, 1.807) is 56.7 Å². The average Bonchev–Trinajstić information content (AvgIpc) is 2.81. The van der Waals surface area contributed by atoms with E-state index in [1.165, 1.54) is 27.4 Å². The van der Waals surface area contributed by atoms with Crippen LogP contribution in [0.3, 0.4) is 0 Å². The fourth-order valence-electron chi connectivity index (χ4n) is 2.93. The normalized spacial score (nSPS) is 11.5.